The van der Waals surface area contributed by atoms with Gasteiger partial charge in [-0.05, 0) is 142 Å². The van der Waals surface area contributed by atoms with Gasteiger partial charge in [0.25, 0.3) is 0 Å². The topological polar surface area (TPSA) is 116 Å². The molecule has 0 radical (unpaired) electrons. The number of rotatable bonds is 20. The highest BCUT2D eigenvalue weighted by Crippen LogP contribution is 2.54. The molecule has 7 heteroatoms. The highest BCUT2D eigenvalue weighted by molar-refractivity contribution is 5.79. The quantitative estimate of drug-likeness (QED) is 0.0772. The minimum absolute atomic E-state index is 0.0480. The molecule has 3 rings (SSSR count). The average molecular weight is 675 g/mol. The second-order valence-corrected chi connectivity index (χ2v) is 18.1. The Morgan fingerprint density at radius 2 is 1.50 bits per heavy atom. The van der Waals surface area contributed by atoms with Crippen molar-refractivity contribution in [2.24, 2.45) is 51.8 Å². The van der Waals surface area contributed by atoms with Crippen LogP contribution in [0.15, 0.2) is 0 Å². The normalized spacial score (nSPS) is 32.7. The van der Waals surface area contributed by atoms with Crippen LogP contribution in [0, 0.1) is 51.8 Å². The molecular formula is C41H74N2O5. The molecule has 3 aliphatic rings. The van der Waals surface area contributed by atoms with Crippen LogP contribution >= 0.6 is 0 Å². The number of hydrogen-bond acceptors (Lipinski definition) is 5. The van der Waals surface area contributed by atoms with Gasteiger partial charge in [-0.25, -0.2) is 0 Å². The maximum absolute atomic E-state index is 12.8. The fourth-order valence-corrected chi connectivity index (χ4v) is 10.8. The molecule has 0 heterocycles. The highest BCUT2D eigenvalue weighted by Gasteiger charge is 2.45. The van der Waals surface area contributed by atoms with Crippen LogP contribution in [0.2, 0.25) is 0 Å². The number of aliphatic hydroxyl groups excluding tert-OH is 2. The number of nitrogens with one attached hydrogen (secondary N) is 2. The fraction of sp³-hybridized carbons (Fsp3) is 0.927. The number of aldehydes is 1. The van der Waals surface area contributed by atoms with E-state index >= 15 is 0 Å². The van der Waals surface area contributed by atoms with Gasteiger partial charge in [0.1, 0.15) is 6.29 Å². The summed E-state index contributed by atoms with van der Waals surface area (Å²) >= 11 is 0. The minimum Gasteiger partial charge on any atom is -0.396 e. The molecule has 0 aromatic carbocycles. The van der Waals surface area contributed by atoms with Crippen LogP contribution in [0.1, 0.15) is 164 Å². The summed E-state index contributed by atoms with van der Waals surface area (Å²) in [5, 5.41) is 26.1. The Morgan fingerprint density at radius 1 is 0.854 bits per heavy atom. The van der Waals surface area contributed by atoms with Gasteiger partial charge in [-0.2, -0.15) is 0 Å². The van der Waals surface area contributed by atoms with Gasteiger partial charge < -0.3 is 25.6 Å². The van der Waals surface area contributed by atoms with Gasteiger partial charge in [0, 0.05) is 26.0 Å². The molecule has 10 unspecified atom stereocenters. The predicted molar refractivity (Wildman–Crippen MR) is 195 cm³/mol. The molecular weight excluding hydrogens is 600 g/mol. The van der Waals surface area contributed by atoms with Crippen LogP contribution in [0.4, 0.5) is 0 Å². The fourth-order valence-electron chi connectivity index (χ4n) is 10.8. The van der Waals surface area contributed by atoms with Crippen LogP contribution in [-0.2, 0) is 14.4 Å². The Kier molecular flexibility index (Phi) is 15.9. The van der Waals surface area contributed by atoms with E-state index < -0.39 is 6.04 Å². The van der Waals surface area contributed by atoms with Crippen molar-refractivity contribution in [1.29, 1.82) is 0 Å². The van der Waals surface area contributed by atoms with Crippen molar-refractivity contribution in [2.45, 2.75) is 176 Å². The van der Waals surface area contributed by atoms with Crippen molar-refractivity contribution in [1.82, 2.24) is 10.6 Å². The third-order valence-corrected chi connectivity index (χ3v) is 14.3. The van der Waals surface area contributed by atoms with Crippen LogP contribution in [0.3, 0.4) is 0 Å². The molecule has 0 spiro atoms. The van der Waals surface area contributed by atoms with Gasteiger partial charge >= 0.3 is 0 Å². The first kappa shape index (κ1) is 41.0. The minimum atomic E-state index is -0.500. The first-order valence-electron chi connectivity index (χ1n) is 20.0. The summed E-state index contributed by atoms with van der Waals surface area (Å²) in [7, 11) is 0. The first-order chi connectivity index (χ1) is 22.6. The van der Waals surface area contributed by atoms with Gasteiger partial charge in [-0.1, -0.05) is 61.3 Å². The Balaban J connectivity index is 1.36. The van der Waals surface area contributed by atoms with E-state index in [0.717, 1.165) is 57.7 Å². The van der Waals surface area contributed by atoms with Crippen LogP contribution in [0.25, 0.3) is 0 Å². The van der Waals surface area contributed by atoms with Crippen molar-refractivity contribution >= 4 is 18.1 Å². The summed E-state index contributed by atoms with van der Waals surface area (Å²) in [6.07, 6.45) is 17.9. The van der Waals surface area contributed by atoms with Gasteiger partial charge in [-0.15, -0.1) is 0 Å². The smallest absolute Gasteiger partial charge is 0.220 e. The molecule has 278 valence electrons. The third kappa shape index (κ3) is 11.3. The van der Waals surface area contributed by atoms with E-state index in [9.17, 15) is 24.6 Å². The number of hydrogen-bond donors (Lipinski definition) is 4. The van der Waals surface area contributed by atoms with Gasteiger partial charge in [0.15, 0.2) is 0 Å². The summed E-state index contributed by atoms with van der Waals surface area (Å²) in [5.41, 5.74) is 0.778. The maximum Gasteiger partial charge on any atom is 0.220 e. The molecule has 0 aromatic heterocycles. The molecule has 0 aliphatic heterocycles. The van der Waals surface area contributed by atoms with E-state index in [1.54, 1.807) is 0 Å². The molecule has 7 nitrogen and oxygen atoms in total. The SMILES string of the molecule is CC(CCC(=O)NC(C=O)CCCNC(=O)CCC(C)C1CCCC1(C)CCC(CCO)C1(C)CCC(O)CC1C)C1CCCC1(C)C. The number of aliphatic hydroxyl groups is 2. The predicted octanol–water partition coefficient (Wildman–Crippen LogP) is 8.00. The van der Waals surface area contributed by atoms with Gasteiger partial charge in [0.2, 0.25) is 11.8 Å². The maximum atomic E-state index is 12.8. The molecule has 48 heavy (non-hydrogen) atoms. The molecule has 0 saturated heterocycles. The summed E-state index contributed by atoms with van der Waals surface area (Å²) in [4.78, 5) is 37.0. The Morgan fingerprint density at radius 3 is 2.12 bits per heavy atom. The summed E-state index contributed by atoms with van der Waals surface area (Å²) in [6, 6.07) is -0.500. The number of amides is 2. The third-order valence-electron chi connectivity index (χ3n) is 14.3. The van der Waals surface area contributed by atoms with E-state index in [4.69, 9.17) is 0 Å². The first-order valence-corrected chi connectivity index (χ1v) is 20.0. The molecule has 0 aromatic rings. The summed E-state index contributed by atoms with van der Waals surface area (Å²) in [6.45, 7) is 17.2. The zero-order valence-electron chi connectivity index (χ0n) is 32.0. The van der Waals surface area contributed by atoms with Crippen LogP contribution in [0.5, 0.6) is 0 Å². The summed E-state index contributed by atoms with van der Waals surface area (Å²) < 4.78 is 0. The molecule has 3 fully saturated rings. The molecule has 0 bridgehead atoms. The lowest BCUT2D eigenvalue weighted by molar-refractivity contribution is -0.124. The number of carbonyl (C=O) groups is 3. The Bertz CT molecular complexity index is 1020. The van der Waals surface area contributed by atoms with Gasteiger partial charge in [-0.3, -0.25) is 9.59 Å². The number of carbonyl (C=O) groups excluding carboxylic acids is 3. The van der Waals surface area contributed by atoms with Crippen LogP contribution in [-0.4, -0.2) is 53.6 Å². The van der Waals surface area contributed by atoms with Crippen LogP contribution < -0.4 is 10.6 Å². The van der Waals surface area contributed by atoms with Crippen molar-refractivity contribution in [2.75, 3.05) is 13.2 Å². The Labute approximate surface area is 293 Å². The standard InChI is InChI=1S/C41H74N2O5/c1-29(35-12-8-21-39(35,4)5)15-17-38(48)43-33(28-45)11-10-25-42-37(47)16-14-30(2)36-13-9-22-40(36,6)23-18-32(20-26-44)41(7)24-19-34(46)27-31(41)3/h28-36,44,46H,8-27H2,1-7H3,(H,42,47)(H,43,48). The molecule has 10 atom stereocenters. The van der Waals surface area contributed by atoms with Crippen molar-refractivity contribution in [3.63, 3.8) is 0 Å². The zero-order valence-corrected chi connectivity index (χ0v) is 32.0. The molecule has 3 saturated carbocycles. The summed E-state index contributed by atoms with van der Waals surface area (Å²) in [5.74, 6) is 3.18. The van der Waals surface area contributed by atoms with Crippen molar-refractivity contribution in [3.05, 3.63) is 0 Å². The molecule has 4 N–H and O–H groups in total. The van der Waals surface area contributed by atoms with Gasteiger partial charge in [0.05, 0.1) is 12.1 Å². The second-order valence-electron chi connectivity index (χ2n) is 18.1. The monoisotopic (exact) mass is 675 g/mol. The van der Waals surface area contributed by atoms with E-state index in [1.807, 2.05) is 0 Å². The van der Waals surface area contributed by atoms with Crippen molar-refractivity contribution in [3.8, 4) is 0 Å². The lowest BCUT2D eigenvalue weighted by Gasteiger charge is -2.48. The average Bonchev–Trinajstić information content (AvgIpc) is 3.61. The Hall–Kier alpha value is -1.47. The second kappa shape index (κ2) is 18.7. The molecule has 2 amide bonds. The molecule has 3 aliphatic carbocycles. The highest BCUT2D eigenvalue weighted by atomic mass is 16.3. The van der Waals surface area contributed by atoms with E-state index in [1.165, 1.54) is 38.5 Å². The van der Waals surface area contributed by atoms with E-state index in [-0.39, 0.29) is 35.4 Å². The van der Waals surface area contributed by atoms with E-state index in [0.29, 0.717) is 73.2 Å². The lowest BCUT2D eigenvalue weighted by Crippen LogP contribution is -2.41. The van der Waals surface area contributed by atoms with Crippen molar-refractivity contribution < 1.29 is 24.6 Å². The largest absolute Gasteiger partial charge is 0.396 e. The lowest BCUT2D eigenvalue weighted by atomic mass is 9.58. The van der Waals surface area contributed by atoms with E-state index in [2.05, 4.69) is 59.1 Å². The zero-order chi connectivity index (χ0) is 35.5.